The number of hydrazine groups is 1. The van der Waals surface area contributed by atoms with Crippen LogP contribution in [0.3, 0.4) is 0 Å². The molecule has 0 unspecified atom stereocenters. The van der Waals surface area contributed by atoms with Gasteiger partial charge in [0.05, 0.1) is 11.3 Å². The Morgan fingerprint density at radius 1 is 1.44 bits per heavy atom. The molecule has 18 heavy (non-hydrogen) atoms. The SMILES string of the molecule is Cc1nnc(NC(=O)c2cccc(F)c2NN)s1. The second-order valence-electron chi connectivity index (χ2n) is 3.39. The number of nitrogens with one attached hydrogen (secondary N) is 2. The highest BCUT2D eigenvalue weighted by atomic mass is 32.1. The van der Waals surface area contributed by atoms with Crippen molar-refractivity contribution in [3.05, 3.63) is 34.6 Å². The zero-order chi connectivity index (χ0) is 13.1. The van der Waals surface area contributed by atoms with Gasteiger partial charge >= 0.3 is 0 Å². The number of amides is 1. The van der Waals surface area contributed by atoms with Crippen LogP contribution in [0, 0.1) is 12.7 Å². The van der Waals surface area contributed by atoms with Gasteiger partial charge in [-0.2, -0.15) is 0 Å². The first-order chi connectivity index (χ1) is 8.61. The fourth-order valence-electron chi connectivity index (χ4n) is 1.37. The molecule has 0 aliphatic carbocycles. The zero-order valence-electron chi connectivity index (χ0n) is 9.40. The molecule has 8 heteroatoms. The van der Waals surface area contributed by atoms with Crippen molar-refractivity contribution in [1.29, 1.82) is 0 Å². The molecular formula is C10H10FN5OS. The number of nitrogens with two attached hydrogens (primary N) is 1. The first-order valence-electron chi connectivity index (χ1n) is 4.98. The summed E-state index contributed by atoms with van der Waals surface area (Å²) in [5, 5.41) is 11.1. The van der Waals surface area contributed by atoms with E-state index in [1.165, 1.54) is 29.5 Å². The fraction of sp³-hybridized carbons (Fsp3) is 0.100. The summed E-state index contributed by atoms with van der Waals surface area (Å²) in [7, 11) is 0. The number of nitrogen functional groups attached to an aromatic ring is 1. The topological polar surface area (TPSA) is 92.9 Å². The van der Waals surface area contributed by atoms with Crippen LogP contribution >= 0.6 is 11.3 Å². The Hall–Kier alpha value is -2.06. The molecule has 0 saturated carbocycles. The van der Waals surface area contributed by atoms with E-state index >= 15 is 0 Å². The number of aromatic nitrogens is 2. The van der Waals surface area contributed by atoms with E-state index in [1.807, 2.05) is 0 Å². The van der Waals surface area contributed by atoms with Crippen molar-refractivity contribution < 1.29 is 9.18 Å². The Balaban J connectivity index is 2.26. The standard InChI is InChI=1S/C10H10FN5OS/c1-5-15-16-10(18-5)13-9(17)6-3-2-4-7(11)8(6)14-12/h2-4,14H,12H2,1H3,(H,13,16,17). The molecule has 0 saturated heterocycles. The minimum absolute atomic E-state index is 0.0590. The third kappa shape index (κ3) is 2.44. The average Bonchev–Trinajstić information content (AvgIpc) is 2.74. The van der Waals surface area contributed by atoms with Gasteiger partial charge in [-0.15, -0.1) is 10.2 Å². The molecule has 94 valence electrons. The normalized spacial score (nSPS) is 10.2. The summed E-state index contributed by atoms with van der Waals surface area (Å²) in [4.78, 5) is 11.9. The number of nitrogens with zero attached hydrogens (tertiary/aromatic N) is 2. The van der Waals surface area contributed by atoms with Gasteiger partial charge in [-0.1, -0.05) is 17.4 Å². The van der Waals surface area contributed by atoms with Gasteiger partial charge in [0.1, 0.15) is 10.8 Å². The van der Waals surface area contributed by atoms with Gasteiger partial charge in [-0.25, -0.2) is 4.39 Å². The second kappa shape index (κ2) is 5.07. The van der Waals surface area contributed by atoms with Crippen LogP contribution in [0.25, 0.3) is 0 Å². The van der Waals surface area contributed by atoms with Gasteiger partial charge in [-0.05, 0) is 19.1 Å². The highest BCUT2D eigenvalue weighted by molar-refractivity contribution is 7.15. The van der Waals surface area contributed by atoms with Gasteiger partial charge in [0.25, 0.3) is 5.91 Å². The molecule has 0 aliphatic rings. The Kier molecular flexibility index (Phi) is 3.49. The van der Waals surface area contributed by atoms with E-state index < -0.39 is 11.7 Å². The number of carbonyl (C=O) groups is 1. The maximum atomic E-state index is 13.4. The number of halogens is 1. The van der Waals surface area contributed by atoms with E-state index in [0.717, 1.165) is 5.01 Å². The minimum atomic E-state index is -0.599. The van der Waals surface area contributed by atoms with Crippen LogP contribution < -0.4 is 16.6 Å². The number of carbonyl (C=O) groups excluding carboxylic acids is 1. The maximum absolute atomic E-state index is 13.4. The minimum Gasteiger partial charge on any atom is -0.321 e. The van der Waals surface area contributed by atoms with Crippen LogP contribution in [-0.4, -0.2) is 16.1 Å². The van der Waals surface area contributed by atoms with Crippen LogP contribution in [-0.2, 0) is 0 Å². The number of aryl methyl sites for hydroxylation is 1. The van der Waals surface area contributed by atoms with E-state index in [1.54, 1.807) is 6.92 Å². The lowest BCUT2D eigenvalue weighted by atomic mass is 10.1. The lowest BCUT2D eigenvalue weighted by Crippen LogP contribution is -2.18. The number of anilines is 2. The molecular weight excluding hydrogens is 257 g/mol. The van der Waals surface area contributed by atoms with Gasteiger partial charge in [0.15, 0.2) is 0 Å². The predicted molar refractivity (Wildman–Crippen MR) is 66.8 cm³/mol. The van der Waals surface area contributed by atoms with Gasteiger partial charge in [0.2, 0.25) is 5.13 Å². The van der Waals surface area contributed by atoms with Gasteiger partial charge < -0.3 is 5.43 Å². The number of para-hydroxylation sites is 1. The lowest BCUT2D eigenvalue weighted by Gasteiger charge is -2.08. The van der Waals surface area contributed by atoms with Crippen LogP contribution in [0.15, 0.2) is 18.2 Å². The van der Waals surface area contributed by atoms with E-state index in [-0.39, 0.29) is 11.3 Å². The van der Waals surface area contributed by atoms with Crippen molar-refractivity contribution >= 4 is 28.1 Å². The second-order valence-corrected chi connectivity index (χ2v) is 4.57. The van der Waals surface area contributed by atoms with E-state index in [2.05, 4.69) is 20.9 Å². The summed E-state index contributed by atoms with van der Waals surface area (Å²) < 4.78 is 13.4. The molecule has 0 atom stereocenters. The van der Waals surface area contributed by atoms with Gasteiger partial charge in [0, 0.05) is 0 Å². The molecule has 6 nitrogen and oxygen atoms in total. The van der Waals surface area contributed by atoms with Crippen molar-refractivity contribution in [1.82, 2.24) is 10.2 Å². The van der Waals surface area contributed by atoms with Crippen LogP contribution in [0.5, 0.6) is 0 Å². The molecule has 0 bridgehead atoms. The molecule has 1 amide bonds. The van der Waals surface area contributed by atoms with Crippen molar-refractivity contribution in [3.63, 3.8) is 0 Å². The average molecular weight is 267 g/mol. The number of hydrogen-bond donors (Lipinski definition) is 3. The largest absolute Gasteiger partial charge is 0.321 e. The molecule has 4 N–H and O–H groups in total. The predicted octanol–water partition coefficient (Wildman–Crippen LogP) is 1.52. The fourth-order valence-corrected chi connectivity index (χ4v) is 1.96. The van der Waals surface area contributed by atoms with Crippen molar-refractivity contribution in [2.45, 2.75) is 6.92 Å². The van der Waals surface area contributed by atoms with E-state index in [0.29, 0.717) is 5.13 Å². The highest BCUT2D eigenvalue weighted by Gasteiger charge is 2.15. The maximum Gasteiger partial charge on any atom is 0.259 e. The van der Waals surface area contributed by atoms with Crippen molar-refractivity contribution in [2.75, 3.05) is 10.7 Å². The lowest BCUT2D eigenvalue weighted by molar-refractivity contribution is 0.102. The van der Waals surface area contributed by atoms with Gasteiger partial charge in [-0.3, -0.25) is 16.0 Å². The molecule has 1 aromatic heterocycles. The molecule has 0 fully saturated rings. The zero-order valence-corrected chi connectivity index (χ0v) is 10.2. The summed E-state index contributed by atoms with van der Waals surface area (Å²) in [6.45, 7) is 1.77. The quantitative estimate of drug-likeness (QED) is 0.579. The number of rotatable bonds is 3. The summed E-state index contributed by atoms with van der Waals surface area (Å²) >= 11 is 1.23. The number of hydrogen-bond acceptors (Lipinski definition) is 6. The Morgan fingerprint density at radius 3 is 2.83 bits per heavy atom. The Bertz CT molecular complexity index is 585. The Labute approximate surface area is 106 Å². The third-order valence-electron chi connectivity index (χ3n) is 2.15. The van der Waals surface area contributed by atoms with Crippen LogP contribution in [0.4, 0.5) is 15.2 Å². The summed E-state index contributed by atoms with van der Waals surface area (Å²) in [6, 6.07) is 4.10. The van der Waals surface area contributed by atoms with E-state index in [4.69, 9.17) is 5.84 Å². The van der Waals surface area contributed by atoms with Crippen molar-refractivity contribution in [3.8, 4) is 0 Å². The highest BCUT2D eigenvalue weighted by Crippen LogP contribution is 2.21. The first-order valence-corrected chi connectivity index (χ1v) is 5.80. The smallest absolute Gasteiger partial charge is 0.259 e. The molecule has 2 rings (SSSR count). The molecule has 0 radical (unpaired) electrons. The monoisotopic (exact) mass is 267 g/mol. The Morgan fingerprint density at radius 2 is 2.22 bits per heavy atom. The number of benzene rings is 1. The van der Waals surface area contributed by atoms with Crippen LogP contribution in [0.1, 0.15) is 15.4 Å². The third-order valence-corrected chi connectivity index (χ3v) is 2.90. The molecule has 1 aromatic carbocycles. The summed E-state index contributed by atoms with van der Waals surface area (Å²) in [5.41, 5.74) is 2.21. The molecule has 2 aromatic rings. The molecule has 0 aliphatic heterocycles. The summed E-state index contributed by atoms with van der Waals surface area (Å²) in [6.07, 6.45) is 0. The first kappa shape index (κ1) is 12.4. The molecule has 0 spiro atoms. The summed E-state index contributed by atoms with van der Waals surface area (Å²) in [5.74, 6) is 4.09. The van der Waals surface area contributed by atoms with E-state index in [9.17, 15) is 9.18 Å². The molecule has 1 heterocycles. The van der Waals surface area contributed by atoms with Crippen molar-refractivity contribution in [2.24, 2.45) is 5.84 Å². The van der Waals surface area contributed by atoms with Crippen LogP contribution in [0.2, 0.25) is 0 Å².